The maximum Gasteiger partial charge on any atom is 0.420 e. The number of pyridine rings is 1. The molecule has 1 aromatic heterocycles. The second-order valence-corrected chi connectivity index (χ2v) is 13.0. The number of carboxylic acid groups (broad SMARTS) is 1. The van der Waals surface area contributed by atoms with Crippen LogP contribution in [0.3, 0.4) is 0 Å². The van der Waals surface area contributed by atoms with Crippen molar-refractivity contribution < 1.29 is 27.8 Å². The summed E-state index contributed by atoms with van der Waals surface area (Å²) in [6, 6.07) is 6.23. The Morgan fingerprint density at radius 3 is 2.18 bits per heavy atom. The Bertz CT molecular complexity index is 1170. The van der Waals surface area contributed by atoms with Gasteiger partial charge in [-0.1, -0.05) is 26.8 Å². The second-order valence-electron chi connectivity index (χ2n) is 13.0. The van der Waals surface area contributed by atoms with Crippen LogP contribution in [0.4, 0.5) is 13.2 Å². The lowest BCUT2D eigenvalue weighted by Crippen LogP contribution is -2.56. The Morgan fingerprint density at radius 1 is 1.00 bits per heavy atom. The number of hydrogen-bond donors (Lipinski definition) is 2. The van der Waals surface area contributed by atoms with Gasteiger partial charge in [0.05, 0.1) is 22.7 Å². The highest BCUT2D eigenvalue weighted by Crippen LogP contribution is 2.52. The maximum absolute atomic E-state index is 14.3. The Labute approximate surface area is 222 Å². The van der Waals surface area contributed by atoms with Gasteiger partial charge in [-0.2, -0.15) is 13.2 Å². The number of ether oxygens (including phenoxy) is 1. The number of benzene rings is 1. The number of aliphatic carboxylic acids is 1. The number of alkyl halides is 3. The van der Waals surface area contributed by atoms with Gasteiger partial charge in [0.15, 0.2) is 0 Å². The highest BCUT2D eigenvalue weighted by Gasteiger charge is 2.52. The molecular formula is C30H39F3N2O3. The number of nitrogens with zero attached hydrogens (tertiary/aromatic N) is 1. The molecule has 0 amide bonds. The first-order valence-electron chi connectivity index (χ1n) is 14.0. The third-order valence-corrected chi connectivity index (χ3v) is 9.71. The minimum absolute atomic E-state index is 0.0573. The van der Waals surface area contributed by atoms with Crippen LogP contribution in [0.25, 0.3) is 10.9 Å². The van der Waals surface area contributed by atoms with Gasteiger partial charge < -0.3 is 15.2 Å². The van der Waals surface area contributed by atoms with Gasteiger partial charge in [-0.05, 0) is 93.7 Å². The molecule has 4 fully saturated rings. The average molecular weight is 533 g/mol. The lowest BCUT2D eigenvalue weighted by atomic mass is 9.57. The highest BCUT2D eigenvalue weighted by molar-refractivity contribution is 5.85. The molecule has 0 spiro atoms. The Balaban J connectivity index is 1.31. The molecule has 2 aromatic rings. The number of nitrogens with one attached hydrogen (secondary N) is 1. The standard InChI is InChI=1S/C30H39F3N2O3/c1-27(2,3)19-4-7-21(8-5-19)38-24-11-10-23-22(25(24)30(31,32)33)9-6-20(35-23)18-34-29-15-12-28(13-16-29,14-17-29)26(36)37/h6,9-11,19,21,34H,4-5,7-8,12-18H2,1-3H3,(H,36,37). The van der Waals surface area contributed by atoms with Crippen LogP contribution < -0.4 is 10.1 Å². The van der Waals surface area contributed by atoms with Crippen molar-refractivity contribution in [1.82, 2.24) is 10.3 Å². The van der Waals surface area contributed by atoms with Crippen LogP contribution in [-0.4, -0.2) is 27.7 Å². The lowest BCUT2D eigenvalue weighted by molar-refractivity contribution is -0.156. The molecule has 6 rings (SSSR count). The number of hydrogen-bond acceptors (Lipinski definition) is 4. The van der Waals surface area contributed by atoms with Crippen molar-refractivity contribution in [2.45, 2.75) is 109 Å². The fourth-order valence-electron chi connectivity index (χ4n) is 6.99. The van der Waals surface area contributed by atoms with Crippen LogP contribution in [-0.2, 0) is 17.5 Å². The first-order chi connectivity index (χ1) is 17.8. The molecule has 4 saturated carbocycles. The minimum Gasteiger partial charge on any atom is -0.490 e. The summed E-state index contributed by atoms with van der Waals surface area (Å²) in [6.45, 7) is 7.09. The van der Waals surface area contributed by atoms with Crippen LogP contribution in [0.5, 0.6) is 5.75 Å². The van der Waals surface area contributed by atoms with Crippen LogP contribution in [0.15, 0.2) is 24.3 Å². The summed E-state index contributed by atoms with van der Waals surface area (Å²) in [6.07, 6.45) is 3.04. The van der Waals surface area contributed by atoms with Gasteiger partial charge in [-0.25, -0.2) is 0 Å². The molecule has 0 aliphatic heterocycles. The van der Waals surface area contributed by atoms with Crippen molar-refractivity contribution in [2.75, 3.05) is 0 Å². The van der Waals surface area contributed by atoms with E-state index in [1.165, 1.54) is 12.1 Å². The predicted molar refractivity (Wildman–Crippen MR) is 140 cm³/mol. The molecule has 4 aliphatic rings. The number of rotatable bonds is 6. The highest BCUT2D eigenvalue weighted by atomic mass is 19.4. The molecule has 1 heterocycles. The van der Waals surface area contributed by atoms with Crippen LogP contribution in [0.1, 0.15) is 96.2 Å². The van der Waals surface area contributed by atoms with Crippen molar-refractivity contribution in [3.8, 4) is 5.75 Å². The van der Waals surface area contributed by atoms with E-state index in [0.717, 1.165) is 44.9 Å². The van der Waals surface area contributed by atoms with E-state index in [0.29, 0.717) is 42.9 Å². The lowest BCUT2D eigenvalue weighted by Gasteiger charge is -2.51. The van der Waals surface area contributed by atoms with Crippen molar-refractivity contribution in [3.63, 3.8) is 0 Å². The Morgan fingerprint density at radius 2 is 1.63 bits per heavy atom. The van der Waals surface area contributed by atoms with E-state index < -0.39 is 23.1 Å². The number of carbonyl (C=O) groups is 1. The van der Waals surface area contributed by atoms with Crippen molar-refractivity contribution in [3.05, 3.63) is 35.5 Å². The Hall–Kier alpha value is -2.35. The van der Waals surface area contributed by atoms with E-state index in [1.807, 2.05) is 0 Å². The van der Waals surface area contributed by atoms with Crippen LogP contribution in [0.2, 0.25) is 0 Å². The molecule has 2 bridgehead atoms. The van der Waals surface area contributed by atoms with Gasteiger partial charge in [0.25, 0.3) is 0 Å². The van der Waals surface area contributed by atoms with Crippen molar-refractivity contribution >= 4 is 16.9 Å². The van der Waals surface area contributed by atoms with Crippen LogP contribution in [0, 0.1) is 16.7 Å². The second kappa shape index (κ2) is 9.68. The van der Waals surface area contributed by atoms with Gasteiger partial charge in [-0.3, -0.25) is 9.78 Å². The van der Waals surface area contributed by atoms with Gasteiger partial charge in [-0.15, -0.1) is 0 Å². The molecule has 4 aliphatic carbocycles. The van der Waals surface area contributed by atoms with Crippen molar-refractivity contribution in [2.24, 2.45) is 16.7 Å². The van der Waals surface area contributed by atoms with Gasteiger partial charge in [0.2, 0.25) is 0 Å². The summed E-state index contributed by atoms with van der Waals surface area (Å²) in [5, 5.41) is 13.3. The van der Waals surface area contributed by atoms with E-state index >= 15 is 0 Å². The molecule has 1 aromatic carbocycles. The van der Waals surface area contributed by atoms with Gasteiger partial charge in [0.1, 0.15) is 11.3 Å². The summed E-state index contributed by atoms with van der Waals surface area (Å²) in [5.41, 5.74) is -0.271. The first-order valence-corrected chi connectivity index (χ1v) is 14.0. The summed E-state index contributed by atoms with van der Waals surface area (Å²) < 4.78 is 48.8. The summed E-state index contributed by atoms with van der Waals surface area (Å²) in [7, 11) is 0. The molecule has 0 unspecified atom stereocenters. The predicted octanol–water partition coefficient (Wildman–Crippen LogP) is 7.50. The normalized spacial score (nSPS) is 29.9. The number of carboxylic acids is 1. The summed E-state index contributed by atoms with van der Waals surface area (Å²) >= 11 is 0. The molecule has 2 N–H and O–H groups in total. The topological polar surface area (TPSA) is 71.5 Å². The van der Waals surface area contributed by atoms with Crippen LogP contribution >= 0.6 is 0 Å². The molecule has 8 heteroatoms. The largest absolute Gasteiger partial charge is 0.490 e. The smallest absolute Gasteiger partial charge is 0.420 e. The minimum atomic E-state index is -4.56. The molecule has 5 nitrogen and oxygen atoms in total. The number of fused-ring (bicyclic) bond motifs is 4. The van der Waals surface area contributed by atoms with Gasteiger partial charge >= 0.3 is 12.1 Å². The van der Waals surface area contributed by atoms with E-state index in [1.54, 1.807) is 12.1 Å². The average Bonchev–Trinajstić information content (AvgIpc) is 2.87. The first kappa shape index (κ1) is 27.2. The fraction of sp³-hybridized carbons (Fsp3) is 0.667. The SMILES string of the molecule is CC(C)(C)C1CCC(Oc2ccc3nc(CNC45CCC(C(=O)O)(CC4)CC5)ccc3c2C(F)(F)F)CC1. The zero-order chi connectivity index (χ0) is 27.3. The molecule has 38 heavy (non-hydrogen) atoms. The third-order valence-electron chi connectivity index (χ3n) is 9.71. The molecule has 0 atom stereocenters. The maximum atomic E-state index is 14.3. The van der Waals surface area contributed by atoms with E-state index in [4.69, 9.17) is 4.74 Å². The molecule has 208 valence electrons. The molecular weight excluding hydrogens is 493 g/mol. The molecule has 0 saturated heterocycles. The van der Waals surface area contributed by atoms with E-state index in [9.17, 15) is 23.1 Å². The van der Waals surface area contributed by atoms with E-state index in [-0.39, 0.29) is 28.2 Å². The number of aromatic nitrogens is 1. The zero-order valence-corrected chi connectivity index (χ0v) is 22.6. The van der Waals surface area contributed by atoms with Gasteiger partial charge in [0, 0.05) is 17.5 Å². The summed E-state index contributed by atoms with van der Waals surface area (Å²) in [5.74, 6) is -0.246. The Kier molecular flexibility index (Phi) is 6.94. The number of halogens is 3. The summed E-state index contributed by atoms with van der Waals surface area (Å²) in [4.78, 5) is 16.3. The molecule has 0 radical (unpaired) electrons. The monoisotopic (exact) mass is 532 g/mol. The van der Waals surface area contributed by atoms with Crippen molar-refractivity contribution in [1.29, 1.82) is 0 Å². The fourth-order valence-corrected chi connectivity index (χ4v) is 6.99. The van der Waals surface area contributed by atoms with E-state index in [2.05, 4.69) is 31.1 Å². The zero-order valence-electron chi connectivity index (χ0n) is 22.6. The quantitative estimate of drug-likeness (QED) is 0.403. The third kappa shape index (κ3) is 5.25.